The Kier molecular flexibility index (Phi) is 7.22. The highest BCUT2D eigenvalue weighted by atomic mass is 16.5. The predicted molar refractivity (Wildman–Crippen MR) is 96.7 cm³/mol. The first-order valence-corrected chi connectivity index (χ1v) is 8.45. The molecule has 6 heteroatoms. The molecule has 134 valence electrons. The molecular formula is C19H25N3O3. The molecular weight excluding hydrogens is 318 g/mol. The minimum Gasteiger partial charge on any atom is -0.494 e. The van der Waals surface area contributed by atoms with E-state index >= 15 is 0 Å². The molecule has 1 heterocycles. The maximum atomic E-state index is 11.8. The monoisotopic (exact) mass is 343 g/mol. The van der Waals surface area contributed by atoms with Crippen molar-refractivity contribution in [3.8, 4) is 17.4 Å². The first-order chi connectivity index (χ1) is 12.1. The average Bonchev–Trinajstić information content (AvgIpc) is 2.60. The first-order valence-electron chi connectivity index (χ1n) is 8.45. The number of amides is 1. The molecule has 1 unspecified atom stereocenters. The molecule has 1 atom stereocenters. The number of carbonyl (C=O) groups is 1. The molecule has 0 fully saturated rings. The summed E-state index contributed by atoms with van der Waals surface area (Å²) in [5.41, 5.74) is 6.43. The Morgan fingerprint density at radius 1 is 1.24 bits per heavy atom. The number of nitrogens with one attached hydrogen (secondary N) is 1. The van der Waals surface area contributed by atoms with E-state index in [1.54, 1.807) is 13.1 Å². The normalized spacial score (nSPS) is 11.6. The number of nitrogens with two attached hydrogens (primary N) is 1. The quantitative estimate of drug-likeness (QED) is 0.731. The van der Waals surface area contributed by atoms with Crippen molar-refractivity contribution in [3.05, 3.63) is 48.2 Å². The number of ether oxygens (including phenoxy) is 2. The fourth-order valence-electron chi connectivity index (χ4n) is 2.14. The van der Waals surface area contributed by atoms with Crippen molar-refractivity contribution in [3.63, 3.8) is 0 Å². The van der Waals surface area contributed by atoms with Gasteiger partial charge in [0, 0.05) is 30.8 Å². The third-order valence-electron chi connectivity index (χ3n) is 3.34. The number of rotatable bonds is 9. The van der Waals surface area contributed by atoms with Crippen LogP contribution in [0.15, 0.2) is 42.6 Å². The van der Waals surface area contributed by atoms with Gasteiger partial charge >= 0.3 is 0 Å². The van der Waals surface area contributed by atoms with Crippen LogP contribution in [0.4, 0.5) is 0 Å². The van der Waals surface area contributed by atoms with Crippen LogP contribution in [0.1, 0.15) is 32.3 Å². The zero-order valence-electron chi connectivity index (χ0n) is 14.7. The van der Waals surface area contributed by atoms with E-state index in [1.807, 2.05) is 36.4 Å². The Bertz CT molecular complexity index is 672. The SMILES string of the molecule is CCCOc1ccc(Oc2ncccc2CNC(=O)CC(C)N)cc1. The summed E-state index contributed by atoms with van der Waals surface area (Å²) in [5.74, 6) is 1.83. The van der Waals surface area contributed by atoms with Crippen molar-refractivity contribution in [2.24, 2.45) is 5.73 Å². The summed E-state index contributed by atoms with van der Waals surface area (Å²) >= 11 is 0. The standard InChI is InChI=1S/C19H25N3O3/c1-3-11-24-16-6-8-17(9-7-16)25-19-15(5-4-10-21-19)13-22-18(23)12-14(2)20/h4-10,14H,3,11-13,20H2,1-2H3,(H,22,23). The van der Waals surface area contributed by atoms with Gasteiger partial charge in [0.25, 0.3) is 0 Å². The Morgan fingerprint density at radius 2 is 1.96 bits per heavy atom. The fraction of sp³-hybridized carbons (Fsp3) is 0.368. The van der Waals surface area contributed by atoms with Crippen molar-refractivity contribution < 1.29 is 14.3 Å². The summed E-state index contributed by atoms with van der Waals surface area (Å²) < 4.78 is 11.4. The molecule has 0 spiro atoms. The number of carbonyl (C=O) groups excluding carboxylic acids is 1. The highest BCUT2D eigenvalue weighted by Crippen LogP contribution is 2.25. The molecule has 1 aromatic carbocycles. The summed E-state index contributed by atoms with van der Waals surface area (Å²) in [6.45, 7) is 4.89. The van der Waals surface area contributed by atoms with Gasteiger partial charge in [-0.3, -0.25) is 4.79 Å². The van der Waals surface area contributed by atoms with Crippen molar-refractivity contribution in [1.29, 1.82) is 0 Å². The lowest BCUT2D eigenvalue weighted by Gasteiger charge is -2.12. The molecule has 3 N–H and O–H groups in total. The molecule has 0 saturated carbocycles. The fourth-order valence-corrected chi connectivity index (χ4v) is 2.14. The van der Waals surface area contributed by atoms with Gasteiger partial charge in [-0.1, -0.05) is 13.0 Å². The first kappa shape index (κ1) is 18.7. The second-order valence-electron chi connectivity index (χ2n) is 5.85. The predicted octanol–water partition coefficient (Wildman–Crippen LogP) is 3.02. The molecule has 0 radical (unpaired) electrons. The van der Waals surface area contributed by atoms with Gasteiger partial charge in [-0.05, 0) is 43.7 Å². The molecule has 0 aliphatic carbocycles. The highest BCUT2D eigenvalue weighted by molar-refractivity contribution is 5.76. The van der Waals surface area contributed by atoms with E-state index in [0.717, 1.165) is 17.7 Å². The van der Waals surface area contributed by atoms with Gasteiger partial charge in [0.15, 0.2) is 0 Å². The van der Waals surface area contributed by atoms with Crippen molar-refractivity contribution in [2.45, 2.75) is 39.3 Å². The van der Waals surface area contributed by atoms with Crippen LogP contribution in [0.2, 0.25) is 0 Å². The van der Waals surface area contributed by atoms with Crippen molar-refractivity contribution >= 4 is 5.91 Å². The Labute approximate surface area is 148 Å². The summed E-state index contributed by atoms with van der Waals surface area (Å²) in [6.07, 6.45) is 2.90. The van der Waals surface area contributed by atoms with Crippen LogP contribution in [0.3, 0.4) is 0 Å². The Balaban J connectivity index is 1.99. The number of pyridine rings is 1. The average molecular weight is 343 g/mol. The lowest BCUT2D eigenvalue weighted by Crippen LogP contribution is -2.29. The molecule has 2 rings (SSSR count). The number of hydrogen-bond donors (Lipinski definition) is 2. The number of nitrogens with zero attached hydrogens (tertiary/aromatic N) is 1. The molecule has 1 amide bonds. The Morgan fingerprint density at radius 3 is 2.64 bits per heavy atom. The van der Waals surface area contributed by atoms with Gasteiger partial charge in [0.1, 0.15) is 11.5 Å². The molecule has 25 heavy (non-hydrogen) atoms. The van der Waals surface area contributed by atoms with Crippen LogP contribution in [-0.2, 0) is 11.3 Å². The minimum atomic E-state index is -0.168. The molecule has 1 aromatic heterocycles. The lowest BCUT2D eigenvalue weighted by molar-refractivity contribution is -0.121. The van der Waals surface area contributed by atoms with E-state index in [-0.39, 0.29) is 18.4 Å². The third-order valence-corrected chi connectivity index (χ3v) is 3.34. The highest BCUT2D eigenvalue weighted by Gasteiger charge is 2.09. The Hall–Kier alpha value is -2.60. The van der Waals surface area contributed by atoms with Crippen LogP contribution < -0.4 is 20.5 Å². The maximum Gasteiger partial charge on any atom is 0.224 e. The van der Waals surface area contributed by atoms with Gasteiger partial charge in [0.05, 0.1) is 6.61 Å². The minimum absolute atomic E-state index is 0.0952. The molecule has 2 aromatic rings. The van der Waals surface area contributed by atoms with Crippen LogP contribution in [0, 0.1) is 0 Å². The van der Waals surface area contributed by atoms with Gasteiger partial charge in [-0.2, -0.15) is 0 Å². The zero-order valence-corrected chi connectivity index (χ0v) is 14.7. The number of hydrogen-bond acceptors (Lipinski definition) is 5. The molecule has 0 aliphatic heterocycles. The van der Waals surface area contributed by atoms with Crippen LogP contribution >= 0.6 is 0 Å². The molecule has 0 bridgehead atoms. The van der Waals surface area contributed by atoms with Crippen molar-refractivity contribution in [1.82, 2.24) is 10.3 Å². The van der Waals surface area contributed by atoms with Gasteiger partial charge in [-0.15, -0.1) is 0 Å². The van der Waals surface area contributed by atoms with E-state index in [0.29, 0.717) is 24.8 Å². The number of aromatic nitrogens is 1. The summed E-state index contributed by atoms with van der Waals surface area (Å²) in [7, 11) is 0. The van der Waals surface area contributed by atoms with Crippen LogP contribution in [0.25, 0.3) is 0 Å². The molecule has 0 saturated heterocycles. The van der Waals surface area contributed by atoms with Gasteiger partial charge in [0.2, 0.25) is 11.8 Å². The summed E-state index contributed by atoms with van der Waals surface area (Å²) in [5, 5.41) is 2.83. The van der Waals surface area contributed by atoms with Crippen molar-refractivity contribution in [2.75, 3.05) is 6.61 Å². The van der Waals surface area contributed by atoms with E-state index in [9.17, 15) is 4.79 Å². The molecule has 0 aliphatic rings. The molecule has 6 nitrogen and oxygen atoms in total. The smallest absolute Gasteiger partial charge is 0.224 e. The second kappa shape index (κ2) is 9.64. The van der Waals surface area contributed by atoms with E-state index in [4.69, 9.17) is 15.2 Å². The maximum absolute atomic E-state index is 11.8. The zero-order chi connectivity index (χ0) is 18.1. The summed E-state index contributed by atoms with van der Waals surface area (Å²) in [6, 6.07) is 10.9. The third kappa shape index (κ3) is 6.43. The van der Waals surface area contributed by atoms with E-state index in [2.05, 4.69) is 17.2 Å². The lowest BCUT2D eigenvalue weighted by atomic mass is 10.2. The van der Waals surface area contributed by atoms with E-state index < -0.39 is 0 Å². The second-order valence-corrected chi connectivity index (χ2v) is 5.85. The van der Waals surface area contributed by atoms with Crippen LogP contribution in [0.5, 0.6) is 17.4 Å². The topological polar surface area (TPSA) is 86.5 Å². The van der Waals surface area contributed by atoms with Gasteiger partial charge < -0.3 is 20.5 Å². The number of benzene rings is 1. The summed E-state index contributed by atoms with van der Waals surface area (Å²) in [4.78, 5) is 16.0. The van der Waals surface area contributed by atoms with E-state index in [1.165, 1.54) is 0 Å². The van der Waals surface area contributed by atoms with Gasteiger partial charge in [-0.25, -0.2) is 4.98 Å². The van der Waals surface area contributed by atoms with Crippen LogP contribution in [-0.4, -0.2) is 23.5 Å². The largest absolute Gasteiger partial charge is 0.494 e.